The SMILES string of the molecule is CC(C)(C)[C@@H]1CCc2c(sc(NC(=O)c3ccc(-c4ccc(Cl)cc4Cl)o3)c2C#N)C1. The van der Waals surface area contributed by atoms with Crippen molar-refractivity contribution >= 4 is 45.4 Å². The Labute approximate surface area is 195 Å². The van der Waals surface area contributed by atoms with Crippen molar-refractivity contribution in [1.82, 2.24) is 0 Å². The van der Waals surface area contributed by atoms with Gasteiger partial charge in [-0.2, -0.15) is 5.26 Å². The highest BCUT2D eigenvalue weighted by molar-refractivity contribution is 7.16. The van der Waals surface area contributed by atoms with Crippen molar-refractivity contribution in [2.24, 2.45) is 11.3 Å². The van der Waals surface area contributed by atoms with Crippen LogP contribution in [0.2, 0.25) is 10.0 Å². The second kappa shape index (κ2) is 8.35. The maximum atomic E-state index is 12.8. The van der Waals surface area contributed by atoms with Gasteiger partial charge >= 0.3 is 0 Å². The number of benzene rings is 1. The molecular weight excluding hydrogens is 451 g/mol. The van der Waals surface area contributed by atoms with Gasteiger partial charge in [0.1, 0.15) is 16.8 Å². The van der Waals surface area contributed by atoms with Crippen LogP contribution < -0.4 is 5.32 Å². The zero-order valence-corrected chi connectivity index (χ0v) is 19.8. The Morgan fingerprint density at radius 2 is 2.03 bits per heavy atom. The molecule has 1 aromatic carbocycles. The van der Waals surface area contributed by atoms with E-state index in [1.54, 1.807) is 30.3 Å². The quantitative estimate of drug-likeness (QED) is 0.426. The number of rotatable bonds is 3. The fourth-order valence-electron chi connectivity index (χ4n) is 3.99. The molecule has 0 saturated heterocycles. The van der Waals surface area contributed by atoms with Crippen LogP contribution in [0.5, 0.6) is 0 Å². The lowest BCUT2D eigenvalue weighted by Crippen LogP contribution is -2.26. The standard InChI is InChI=1S/C24H22Cl2N2O2S/c1-24(2,3)13-4-6-15-17(12-27)23(31-21(15)10-13)28-22(29)20-9-8-19(30-20)16-7-5-14(25)11-18(16)26/h5,7-9,11,13H,4,6,10H2,1-3H3,(H,28,29)/t13-/m1/s1. The highest BCUT2D eigenvalue weighted by atomic mass is 35.5. The molecule has 2 aromatic heterocycles. The van der Waals surface area contributed by atoms with Crippen molar-refractivity contribution in [3.05, 3.63) is 62.1 Å². The Balaban J connectivity index is 1.57. The highest BCUT2D eigenvalue weighted by Crippen LogP contribution is 2.44. The number of nitrogens with one attached hydrogen (secondary N) is 1. The smallest absolute Gasteiger partial charge is 0.292 e. The molecule has 0 bridgehead atoms. The van der Waals surface area contributed by atoms with E-state index >= 15 is 0 Å². The molecule has 1 aliphatic rings. The largest absolute Gasteiger partial charge is 0.451 e. The minimum atomic E-state index is -0.390. The molecule has 31 heavy (non-hydrogen) atoms. The molecule has 1 N–H and O–H groups in total. The number of carbonyl (C=O) groups excluding carboxylic acids is 1. The highest BCUT2D eigenvalue weighted by Gasteiger charge is 2.32. The number of carbonyl (C=O) groups is 1. The van der Waals surface area contributed by atoms with E-state index in [2.05, 4.69) is 32.2 Å². The summed E-state index contributed by atoms with van der Waals surface area (Å²) >= 11 is 13.7. The number of nitriles is 1. The average molecular weight is 473 g/mol. The molecule has 0 saturated carbocycles. The van der Waals surface area contributed by atoms with Crippen LogP contribution in [0.3, 0.4) is 0 Å². The maximum absolute atomic E-state index is 12.8. The van der Waals surface area contributed by atoms with E-state index < -0.39 is 0 Å². The van der Waals surface area contributed by atoms with Crippen LogP contribution in [0, 0.1) is 22.7 Å². The number of hydrogen-bond donors (Lipinski definition) is 1. The number of furan rings is 1. The van der Waals surface area contributed by atoms with Gasteiger partial charge in [-0.05, 0) is 66.5 Å². The van der Waals surface area contributed by atoms with Crippen molar-refractivity contribution in [2.75, 3.05) is 5.32 Å². The van der Waals surface area contributed by atoms with Gasteiger partial charge in [0.15, 0.2) is 5.76 Å². The lowest BCUT2D eigenvalue weighted by atomic mass is 9.72. The zero-order chi connectivity index (χ0) is 22.3. The summed E-state index contributed by atoms with van der Waals surface area (Å²) in [6.07, 6.45) is 2.86. The zero-order valence-electron chi connectivity index (χ0n) is 17.5. The van der Waals surface area contributed by atoms with Crippen LogP contribution in [0.15, 0.2) is 34.7 Å². The Hall–Kier alpha value is -2.26. The van der Waals surface area contributed by atoms with Gasteiger partial charge in [0.25, 0.3) is 5.91 Å². The molecule has 0 radical (unpaired) electrons. The van der Waals surface area contributed by atoms with Crippen molar-refractivity contribution in [3.8, 4) is 17.4 Å². The number of hydrogen-bond acceptors (Lipinski definition) is 4. The summed E-state index contributed by atoms with van der Waals surface area (Å²) in [7, 11) is 0. The third kappa shape index (κ3) is 4.39. The van der Waals surface area contributed by atoms with Gasteiger partial charge < -0.3 is 9.73 Å². The molecule has 160 valence electrons. The monoisotopic (exact) mass is 472 g/mol. The van der Waals surface area contributed by atoms with Crippen LogP contribution in [-0.4, -0.2) is 5.91 Å². The summed E-state index contributed by atoms with van der Waals surface area (Å²) in [5.41, 5.74) is 2.53. The van der Waals surface area contributed by atoms with E-state index in [1.165, 1.54) is 16.2 Å². The predicted octanol–water partition coefficient (Wildman–Crippen LogP) is 7.59. The first-order valence-corrected chi connectivity index (χ1v) is 11.7. The van der Waals surface area contributed by atoms with Crippen molar-refractivity contribution < 1.29 is 9.21 Å². The second-order valence-electron chi connectivity index (χ2n) is 8.87. The summed E-state index contributed by atoms with van der Waals surface area (Å²) in [5, 5.41) is 14.2. The van der Waals surface area contributed by atoms with Crippen LogP contribution in [-0.2, 0) is 12.8 Å². The molecule has 2 heterocycles. The van der Waals surface area contributed by atoms with Gasteiger partial charge in [-0.1, -0.05) is 44.0 Å². The van der Waals surface area contributed by atoms with Crippen LogP contribution in [0.4, 0.5) is 5.00 Å². The molecule has 0 spiro atoms. The van der Waals surface area contributed by atoms with E-state index in [-0.39, 0.29) is 17.1 Å². The summed E-state index contributed by atoms with van der Waals surface area (Å²) < 4.78 is 5.74. The van der Waals surface area contributed by atoms with E-state index in [0.29, 0.717) is 37.9 Å². The molecule has 4 rings (SSSR count). The van der Waals surface area contributed by atoms with E-state index in [4.69, 9.17) is 27.6 Å². The predicted molar refractivity (Wildman–Crippen MR) is 126 cm³/mol. The lowest BCUT2D eigenvalue weighted by Gasteiger charge is -2.33. The first-order valence-electron chi connectivity index (χ1n) is 10.1. The fourth-order valence-corrected chi connectivity index (χ4v) is 5.76. The first kappa shape index (κ1) is 22.0. The molecule has 0 fully saturated rings. The lowest BCUT2D eigenvalue weighted by molar-refractivity contribution is 0.0998. The Bertz CT molecular complexity index is 1200. The maximum Gasteiger partial charge on any atom is 0.292 e. The van der Waals surface area contributed by atoms with Gasteiger partial charge in [0.2, 0.25) is 0 Å². The number of amides is 1. The van der Waals surface area contributed by atoms with Gasteiger partial charge in [-0.3, -0.25) is 4.79 Å². The second-order valence-corrected chi connectivity index (χ2v) is 10.8. The van der Waals surface area contributed by atoms with Crippen molar-refractivity contribution in [2.45, 2.75) is 40.0 Å². The van der Waals surface area contributed by atoms with Crippen molar-refractivity contribution in [1.29, 1.82) is 5.26 Å². The normalized spacial score (nSPS) is 15.9. The Kier molecular flexibility index (Phi) is 5.91. The van der Waals surface area contributed by atoms with Crippen LogP contribution >= 0.6 is 34.5 Å². The summed E-state index contributed by atoms with van der Waals surface area (Å²) in [4.78, 5) is 14.0. The molecule has 4 nitrogen and oxygen atoms in total. The Morgan fingerprint density at radius 1 is 1.26 bits per heavy atom. The number of fused-ring (bicyclic) bond motifs is 1. The molecule has 1 aliphatic carbocycles. The molecule has 0 aliphatic heterocycles. The van der Waals surface area contributed by atoms with Gasteiger partial charge in [0, 0.05) is 15.5 Å². The van der Waals surface area contributed by atoms with E-state index in [1.807, 2.05) is 0 Å². The molecule has 0 unspecified atom stereocenters. The third-order valence-electron chi connectivity index (χ3n) is 5.86. The van der Waals surface area contributed by atoms with Gasteiger partial charge in [-0.15, -0.1) is 11.3 Å². The number of thiophene rings is 1. The van der Waals surface area contributed by atoms with Gasteiger partial charge in [0.05, 0.1) is 10.6 Å². The average Bonchev–Trinajstić information content (AvgIpc) is 3.31. The van der Waals surface area contributed by atoms with E-state index in [9.17, 15) is 10.1 Å². The number of anilines is 1. The third-order valence-corrected chi connectivity index (χ3v) is 7.57. The van der Waals surface area contributed by atoms with E-state index in [0.717, 1.165) is 24.8 Å². The summed E-state index contributed by atoms with van der Waals surface area (Å²) in [5.74, 6) is 0.805. The molecule has 7 heteroatoms. The van der Waals surface area contributed by atoms with Crippen LogP contribution in [0.1, 0.15) is 53.8 Å². The number of nitrogens with zero attached hydrogens (tertiary/aromatic N) is 1. The van der Waals surface area contributed by atoms with Crippen LogP contribution in [0.25, 0.3) is 11.3 Å². The fraction of sp³-hybridized carbons (Fsp3) is 0.333. The Morgan fingerprint density at radius 3 is 2.71 bits per heavy atom. The molecular formula is C24H22Cl2N2O2S. The molecule has 3 aromatic rings. The summed E-state index contributed by atoms with van der Waals surface area (Å²) in [6, 6.07) is 10.7. The topological polar surface area (TPSA) is 66.0 Å². The molecule has 1 atom stereocenters. The first-order chi connectivity index (χ1) is 14.7. The minimum Gasteiger partial charge on any atom is -0.451 e. The van der Waals surface area contributed by atoms with Crippen molar-refractivity contribution in [3.63, 3.8) is 0 Å². The minimum absolute atomic E-state index is 0.156. The number of halogens is 2. The molecule has 1 amide bonds. The van der Waals surface area contributed by atoms with Gasteiger partial charge in [-0.25, -0.2) is 0 Å². The summed E-state index contributed by atoms with van der Waals surface area (Å²) in [6.45, 7) is 6.77.